The van der Waals surface area contributed by atoms with Crippen LogP contribution in [0.2, 0.25) is 0 Å². The quantitative estimate of drug-likeness (QED) is 0.475. The predicted molar refractivity (Wildman–Crippen MR) is 120 cm³/mol. The number of hydrogen-bond donors (Lipinski definition) is 0. The van der Waals surface area contributed by atoms with Crippen LogP contribution in [0.3, 0.4) is 0 Å². The van der Waals surface area contributed by atoms with Crippen LogP contribution in [0, 0.1) is 5.82 Å². The summed E-state index contributed by atoms with van der Waals surface area (Å²) >= 11 is 0. The highest BCUT2D eigenvalue weighted by atomic mass is 19.1. The van der Waals surface area contributed by atoms with E-state index in [9.17, 15) is 4.39 Å². The molecule has 1 saturated heterocycles. The third-order valence-corrected chi connectivity index (χ3v) is 6.02. The van der Waals surface area contributed by atoms with Crippen molar-refractivity contribution in [2.75, 3.05) is 27.9 Å². The van der Waals surface area contributed by atoms with E-state index in [2.05, 4.69) is 10.1 Å². The third kappa shape index (κ3) is 4.58. The van der Waals surface area contributed by atoms with E-state index in [1.165, 1.54) is 18.6 Å². The van der Waals surface area contributed by atoms with Gasteiger partial charge >= 0.3 is 0 Å². The summed E-state index contributed by atoms with van der Waals surface area (Å²) in [5.41, 5.74) is 2.73. The zero-order valence-corrected chi connectivity index (χ0v) is 18.8. The lowest BCUT2D eigenvalue weighted by Crippen LogP contribution is -2.28. The number of hydrogen-bond acceptors (Lipinski definition) is 6. The first-order valence-corrected chi connectivity index (χ1v) is 10.9. The summed E-state index contributed by atoms with van der Waals surface area (Å²) in [6.45, 7) is 1.63. The summed E-state index contributed by atoms with van der Waals surface area (Å²) in [5.74, 6) is 2.29. The highest BCUT2D eigenvalue weighted by Crippen LogP contribution is 2.41. The molecule has 1 unspecified atom stereocenters. The van der Waals surface area contributed by atoms with Crippen LogP contribution >= 0.6 is 0 Å². The number of likely N-dealkylation sites (tertiary alicyclic amines) is 1. The van der Waals surface area contributed by atoms with Crippen LogP contribution in [0.4, 0.5) is 4.39 Å². The Morgan fingerprint density at radius 2 is 1.75 bits per heavy atom. The van der Waals surface area contributed by atoms with E-state index in [1.807, 2.05) is 18.2 Å². The molecule has 1 aliphatic heterocycles. The second-order valence-corrected chi connectivity index (χ2v) is 7.95. The molecule has 7 heteroatoms. The maximum atomic E-state index is 13.3. The van der Waals surface area contributed by atoms with Crippen molar-refractivity contribution in [3.63, 3.8) is 0 Å². The fraction of sp³-hybridized carbons (Fsp3) is 0.400. The Morgan fingerprint density at radius 1 is 0.969 bits per heavy atom. The van der Waals surface area contributed by atoms with Gasteiger partial charge in [0.2, 0.25) is 5.75 Å². The molecule has 0 bridgehead atoms. The first kappa shape index (κ1) is 22.1. The topological polar surface area (TPSA) is 57.0 Å². The molecule has 2 heterocycles. The number of rotatable bonds is 7. The lowest BCUT2D eigenvalue weighted by atomic mass is 10.0. The molecule has 0 aliphatic carbocycles. The second kappa shape index (κ2) is 10.0. The van der Waals surface area contributed by atoms with Gasteiger partial charge in [-0.1, -0.05) is 24.1 Å². The first-order chi connectivity index (χ1) is 15.6. The van der Waals surface area contributed by atoms with E-state index in [-0.39, 0.29) is 11.9 Å². The highest BCUT2D eigenvalue weighted by molar-refractivity contribution is 5.57. The summed E-state index contributed by atoms with van der Waals surface area (Å²) < 4.78 is 35.6. The van der Waals surface area contributed by atoms with Crippen molar-refractivity contribution in [3.8, 4) is 28.6 Å². The molecule has 4 rings (SSSR count). The fourth-order valence-electron chi connectivity index (χ4n) is 4.39. The maximum absolute atomic E-state index is 13.3. The second-order valence-electron chi connectivity index (χ2n) is 7.95. The Balaban J connectivity index is 1.63. The van der Waals surface area contributed by atoms with Gasteiger partial charge in [-0.3, -0.25) is 4.90 Å². The number of aromatic nitrogens is 1. The first-order valence-electron chi connectivity index (χ1n) is 10.9. The Hall–Kier alpha value is -3.06. The molecule has 2 aromatic carbocycles. The van der Waals surface area contributed by atoms with Gasteiger partial charge in [-0.25, -0.2) is 4.39 Å². The molecule has 0 radical (unpaired) electrons. The van der Waals surface area contributed by atoms with Crippen LogP contribution in [0.5, 0.6) is 17.2 Å². The number of benzene rings is 2. The smallest absolute Gasteiger partial charge is 0.203 e. The van der Waals surface area contributed by atoms with Gasteiger partial charge in [0, 0.05) is 23.7 Å². The van der Waals surface area contributed by atoms with Crippen LogP contribution in [0.25, 0.3) is 11.3 Å². The Bertz CT molecular complexity index is 1030. The summed E-state index contributed by atoms with van der Waals surface area (Å²) in [6, 6.07) is 12.3. The van der Waals surface area contributed by atoms with E-state index < -0.39 is 0 Å². The largest absolute Gasteiger partial charge is 0.493 e. The molecule has 0 amide bonds. The zero-order chi connectivity index (χ0) is 22.5. The van der Waals surface area contributed by atoms with E-state index >= 15 is 0 Å². The molecule has 1 fully saturated rings. The number of nitrogens with zero attached hydrogens (tertiary/aromatic N) is 2. The molecule has 3 aromatic rings. The Kier molecular flexibility index (Phi) is 6.95. The molecule has 1 atom stereocenters. The van der Waals surface area contributed by atoms with Crippen LogP contribution in [-0.4, -0.2) is 37.9 Å². The van der Waals surface area contributed by atoms with E-state index in [0.29, 0.717) is 29.6 Å². The third-order valence-electron chi connectivity index (χ3n) is 6.02. The van der Waals surface area contributed by atoms with E-state index in [0.717, 1.165) is 42.6 Å². The molecule has 0 spiro atoms. The van der Waals surface area contributed by atoms with Crippen LogP contribution in [0.1, 0.15) is 43.0 Å². The van der Waals surface area contributed by atoms with E-state index in [4.69, 9.17) is 18.7 Å². The van der Waals surface area contributed by atoms with Gasteiger partial charge in [0.1, 0.15) is 11.5 Å². The Morgan fingerprint density at radius 3 is 2.47 bits per heavy atom. The van der Waals surface area contributed by atoms with Gasteiger partial charge in [0.15, 0.2) is 17.3 Å². The zero-order valence-electron chi connectivity index (χ0n) is 18.8. The molecule has 0 saturated carbocycles. The van der Waals surface area contributed by atoms with Crippen molar-refractivity contribution >= 4 is 0 Å². The molecule has 32 heavy (non-hydrogen) atoms. The average Bonchev–Trinajstić information content (AvgIpc) is 3.19. The normalized spacial score (nSPS) is 17.1. The molecule has 170 valence electrons. The summed E-state index contributed by atoms with van der Waals surface area (Å²) in [5, 5.41) is 4.39. The van der Waals surface area contributed by atoms with Gasteiger partial charge in [-0.15, -0.1) is 0 Å². The summed E-state index contributed by atoms with van der Waals surface area (Å²) in [4.78, 5) is 2.42. The monoisotopic (exact) mass is 440 g/mol. The minimum absolute atomic E-state index is 0.119. The highest BCUT2D eigenvalue weighted by Gasteiger charge is 2.28. The van der Waals surface area contributed by atoms with Gasteiger partial charge in [-0.05, 0) is 49.7 Å². The van der Waals surface area contributed by atoms with Crippen molar-refractivity contribution in [1.82, 2.24) is 10.1 Å². The van der Waals surface area contributed by atoms with Crippen molar-refractivity contribution in [2.45, 2.75) is 38.3 Å². The molecule has 0 N–H and O–H groups in total. The molecular weight excluding hydrogens is 411 g/mol. The number of methoxy groups -OCH3 is 3. The summed E-state index contributed by atoms with van der Waals surface area (Å²) in [7, 11) is 4.88. The minimum atomic E-state index is -0.271. The van der Waals surface area contributed by atoms with Gasteiger partial charge in [-0.2, -0.15) is 0 Å². The van der Waals surface area contributed by atoms with Crippen LogP contribution in [-0.2, 0) is 6.54 Å². The van der Waals surface area contributed by atoms with Crippen molar-refractivity contribution in [2.24, 2.45) is 0 Å². The minimum Gasteiger partial charge on any atom is -0.493 e. The number of halogens is 1. The van der Waals surface area contributed by atoms with E-state index in [1.54, 1.807) is 33.5 Å². The predicted octanol–water partition coefficient (Wildman–Crippen LogP) is 5.62. The van der Waals surface area contributed by atoms with Gasteiger partial charge in [0.25, 0.3) is 0 Å². The molecule has 1 aromatic heterocycles. The molecular formula is C25H29FN2O4. The van der Waals surface area contributed by atoms with Crippen molar-refractivity contribution in [3.05, 3.63) is 59.5 Å². The fourth-order valence-corrected chi connectivity index (χ4v) is 4.39. The number of ether oxygens (including phenoxy) is 3. The van der Waals surface area contributed by atoms with Gasteiger partial charge < -0.3 is 18.7 Å². The van der Waals surface area contributed by atoms with Gasteiger partial charge in [0.05, 0.1) is 27.4 Å². The standard InChI is InChI=1S/C25H29FN2O4/c1-29-22-13-10-18(24(30-2)25(22)31-3)16-28-14-6-4-5-7-21(28)20-15-23(32-27-20)17-8-11-19(26)12-9-17/h8-13,15,21H,4-7,14,16H2,1-3H3. The van der Waals surface area contributed by atoms with Crippen LogP contribution < -0.4 is 14.2 Å². The maximum Gasteiger partial charge on any atom is 0.203 e. The average molecular weight is 441 g/mol. The SMILES string of the molecule is COc1ccc(CN2CCCCCC2c2cc(-c3ccc(F)cc3)on2)c(OC)c1OC. The summed E-state index contributed by atoms with van der Waals surface area (Å²) in [6.07, 6.45) is 4.42. The van der Waals surface area contributed by atoms with Crippen LogP contribution in [0.15, 0.2) is 47.0 Å². The molecule has 6 nitrogen and oxygen atoms in total. The van der Waals surface area contributed by atoms with Crippen molar-refractivity contribution < 1.29 is 23.1 Å². The lowest BCUT2D eigenvalue weighted by Gasteiger charge is -2.29. The Labute approximate surface area is 187 Å². The molecule has 1 aliphatic rings. The van der Waals surface area contributed by atoms with Crippen molar-refractivity contribution in [1.29, 1.82) is 0 Å². The lowest BCUT2D eigenvalue weighted by molar-refractivity contribution is 0.181.